The number of hydrogen-bond donors (Lipinski definition) is 2. The molecule has 1 saturated carbocycles. The van der Waals surface area contributed by atoms with Crippen LogP contribution in [0.4, 0.5) is 0 Å². The van der Waals surface area contributed by atoms with E-state index in [1.807, 2.05) is 6.19 Å². The standard InChI is InChI=1S/C12H16N4/c13-8-14-11-15-10-5-3-4-9(10)12(16-11)6-1-2-7-12/h1-7H2,(H2,14,15,16). The highest BCUT2D eigenvalue weighted by atomic mass is 15.2. The van der Waals surface area contributed by atoms with E-state index in [0.717, 1.165) is 19.3 Å². The predicted octanol–water partition coefficient (Wildman–Crippen LogP) is 1.77. The Hall–Kier alpha value is -1.50. The van der Waals surface area contributed by atoms with Crippen molar-refractivity contribution in [3.05, 3.63) is 11.3 Å². The van der Waals surface area contributed by atoms with E-state index < -0.39 is 0 Å². The van der Waals surface area contributed by atoms with Crippen LogP contribution in [0.25, 0.3) is 0 Å². The summed E-state index contributed by atoms with van der Waals surface area (Å²) in [6, 6.07) is 0. The maximum atomic E-state index is 8.69. The van der Waals surface area contributed by atoms with E-state index in [1.165, 1.54) is 37.0 Å². The smallest absolute Gasteiger partial charge is 0.209 e. The summed E-state index contributed by atoms with van der Waals surface area (Å²) in [6.07, 6.45) is 10.3. The van der Waals surface area contributed by atoms with Gasteiger partial charge in [0, 0.05) is 5.70 Å². The SMILES string of the molecule is N#CNC1=NC2(CCCC2)C2=C(CCC2)N1. The fourth-order valence-corrected chi connectivity index (χ4v) is 3.33. The summed E-state index contributed by atoms with van der Waals surface area (Å²) in [6.45, 7) is 0. The molecule has 84 valence electrons. The minimum absolute atomic E-state index is 0.0380. The number of guanidine groups is 1. The molecule has 1 fully saturated rings. The third kappa shape index (κ3) is 1.31. The molecule has 0 unspecified atom stereocenters. The quantitative estimate of drug-likeness (QED) is 0.479. The number of nitriles is 1. The number of fused-ring (bicyclic) bond motifs is 1. The van der Waals surface area contributed by atoms with Gasteiger partial charge in [0.2, 0.25) is 5.96 Å². The van der Waals surface area contributed by atoms with Gasteiger partial charge in [-0.3, -0.25) is 5.32 Å². The fourth-order valence-electron chi connectivity index (χ4n) is 3.33. The van der Waals surface area contributed by atoms with Gasteiger partial charge in [0.1, 0.15) is 0 Å². The summed E-state index contributed by atoms with van der Waals surface area (Å²) < 4.78 is 0. The molecule has 1 aliphatic heterocycles. The molecular formula is C12H16N4. The molecule has 2 N–H and O–H groups in total. The lowest BCUT2D eigenvalue weighted by Crippen LogP contribution is -2.43. The van der Waals surface area contributed by atoms with Crippen LogP contribution in [0, 0.1) is 11.5 Å². The Labute approximate surface area is 95.4 Å². The van der Waals surface area contributed by atoms with Crippen LogP contribution in [0.1, 0.15) is 44.9 Å². The van der Waals surface area contributed by atoms with E-state index in [2.05, 4.69) is 10.6 Å². The van der Waals surface area contributed by atoms with Crippen molar-refractivity contribution in [3.8, 4) is 6.19 Å². The number of rotatable bonds is 0. The Balaban J connectivity index is 1.98. The largest absolute Gasteiger partial charge is 0.329 e. The second kappa shape index (κ2) is 3.51. The molecule has 0 bridgehead atoms. The van der Waals surface area contributed by atoms with Crippen molar-refractivity contribution in [3.63, 3.8) is 0 Å². The summed E-state index contributed by atoms with van der Waals surface area (Å²) in [4.78, 5) is 4.76. The molecule has 0 saturated heterocycles. The first kappa shape index (κ1) is 9.71. The minimum Gasteiger partial charge on any atom is -0.329 e. The molecular weight excluding hydrogens is 200 g/mol. The number of allylic oxidation sites excluding steroid dienone is 1. The minimum atomic E-state index is 0.0380. The van der Waals surface area contributed by atoms with Crippen LogP contribution in [0.5, 0.6) is 0 Å². The topological polar surface area (TPSA) is 60.2 Å². The summed E-state index contributed by atoms with van der Waals surface area (Å²) in [5.74, 6) is 0.657. The van der Waals surface area contributed by atoms with Crippen LogP contribution in [0.3, 0.4) is 0 Å². The third-order valence-corrected chi connectivity index (χ3v) is 3.98. The van der Waals surface area contributed by atoms with Crippen molar-refractivity contribution < 1.29 is 0 Å². The van der Waals surface area contributed by atoms with Gasteiger partial charge in [0.25, 0.3) is 0 Å². The maximum Gasteiger partial charge on any atom is 0.209 e. The van der Waals surface area contributed by atoms with Gasteiger partial charge in [0.15, 0.2) is 6.19 Å². The lowest BCUT2D eigenvalue weighted by molar-refractivity contribution is 0.491. The molecule has 16 heavy (non-hydrogen) atoms. The zero-order valence-corrected chi connectivity index (χ0v) is 9.34. The van der Waals surface area contributed by atoms with Gasteiger partial charge >= 0.3 is 0 Å². The molecule has 1 spiro atoms. The van der Waals surface area contributed by atoms with Gasteiger partial charge < -0.3 is 5.32 Å². The normalized spacial score (nSPS) is 26.1. The van der Waals surface area contributed by atoms with Crippen LogP contribution in [0.2, 0.25) is 0 Å². The molecule has 4 nitrogen and oxygen atoms in total. The number of nitrogens with one attached hydrogen (secondary N) is 2. The Kier molecular flexibility index (Phi) is 2.13. The Morgan fingerprint density at radius 3 is 2.81 bits per heavy atom. The van der Waals surface area contributed by atoms with Crippen LogP contribution in [-0.4, -0.2) is 11.5 Å². The molecule has 0 aromatic heterocycles. The average molecular weight is 216 g/mol. The number of hydrogen-bond acceptors (Lipinski definition) is 4. The Bertz CT molecular complexity index is 407. The van der Waals surface area contributed by atoms with E-state index in [4.69, 9.17) is 10.3 Å². The Morgan fingerprint density at radius 2 is 2.06 bits per heavy atom. The highest BCUT2D eigenvalue weighted by Crippen LogP contribution is 2.46. The van der Waals surface area contributed by atoms with Gasteiger partial charge in [-0.2, -0.15) is 5.26 Å². The number of aliphatic imine (C=N–C) groups is 1. The van der Waals surface area contributed by atoms with E-state index in [1.54, 1.807) is 0 Å². The highest BCUT2D eigenvalue weighted by Gasteiger charge is 2.42. The van der Waals surface area contributed by atoms with Crippen molar-refractivity contribution >= 4 is 5.96 Å². The molecule has 0 radical (unpaired) electrons. The van der Waals surface area contributed by atoms with Crippen LogP contribution < -0.4 is 10.6 Å². The maximum absolute atomic E-state index is 8.69. The van der Waals surface area contributed by atoms with Crippen molar-refractivity contribution in [2.75, 3.05) is 0 Å². The fraction of sp³-hybridized carbons (Fsp3) is 0.667. The second-order valence-electron chi connectivity index (χ2n) is 4.87. The molecule has 0 aromatic rings. The molecule has 4 heteroatoms. The van der Waals surface area contributed by atoms with Gasteiger partial charge in [0.05, 0.1) is 5.54 Å². The van der Waals surface area contributed by atoms with Gasteiger partial charge in [-0.05, 0) is 37.7 Å². The molecule has 3 rings (SSSR count). The van der Waals surface area contributed by atoms with Gasteiger partial charge in [-0.1, -0.05) is 12.8 Å². The van der Waals surface area contributed by atoms with Crippen molar-refractivity contribution in [2.24, 2.45) is 4.99 Å². The van der Waals surface area contributed by atoms with Crippen LogP contribution >= 0.6 is 0 Å². The zero-order chi connectivity index (χ0) is 11.0. The monoisotopic (exact) mass is 216 g/mol. The van der Waals surface area contributed by atoms with Crippen molar-refractivity contribution in [1.82, 2.24) is 10.6 Å². The molecule has 1 heterocycles. The van der Waals surface area contributed by atoms with Gasteiger partial charge in [-0.15, -0.1) is 0 Å². The summed E-state index contributed by atoms with van der Waals surface area (Å²) >= 11 is 0. The second-order valence-corrected chi connectivity index (χ2v) is 4.87. The van der Waals surface area contributed by atoms with Crippen LogP contribution in [-0.2, 0) is 0 Å². The molecule has 0 atom stereocenters. The molecule has 0 aromatic carbocycles. The third-order valence-electron chi connectivity index (χ3n) is 3.98. The molecule has 3 aliphatic rings. The summed E-state index contributed by atoms with van der Waals surface area (Å²) in [5.41, 5.74) is 2.89. The average Bonchev–Trinajstić information content (AvgIpc) is 2.88. The van der Waals surface area contributed by atoms with Crippen molar-refractivity contribution in [1.29, 1.82) is 5.26 Å². The first-order chi connectivity index (χ1) is 7.84. The van der Waals surface area contributed by atoms with E-state index in [9.17, 15) is 0 Å². The summed E-state index contributed by atoms with van der Waals surface area (Å²) in [5, 5.41) is 14.6. The predicted molar refractivity (Wildman–Crippen MR) is 61.4 cm³/mol. The number of nitrogens with zero attached hydrogens (tertiary/aromatic N) is 2. The lowest BCUT2D eigenvalue weighted by atomic mass is 9.86. The van der Waals surface area contributed by atoms with Gasteiger partial charge in [-0.25, -0.2) is 4.99 Å². The molecule has 2 aliphatic carbocycles. The van der Waals surface area contributed by atoms with Crippen molar-refractivity contribution in [2.45, 2.75) is 50.5 Å². The van der Waals surface area contributed by atoms with E-state index >= 15 is 0 Å². The first-order valence-corrected chi connectivity index (χ1v) is 6.09. The summed E-state index contributed by atoms with van der Waals surface area (Å²) in [7, 11) is 0. The van der Waals surface area contributed by atoms with E-state index in [0.29, 0.717) is 5.96 Å². The zero-order valence-electron chi connectivity index (χ0n) is 9.34. The lowest BCUT2D eigenvalue weighted by Gasteiger charge is -2.32. The van der Waals surface area contributed by atoms with Crippen LogP contribution in [0.15, 0.2) is 16.3 Å². The Morgan fingerprint density at radius 1 is 1.25 bits per heavy atom. The van der Waals surface area contributed by atoms with E-state index in [-0.39, 0.29) is 5.54 Å². The highest BCUT2D eigenvalue weighted by molar-refractivity contribution is 5.85. The first-order valence-electron chi connectivity index (χ1n) is 6.09. The molecule has 0 amide bonds.